The first-order valence-corrected chi connectivity index (χ1v) is 16.3. The molecule has 0 saturated heterocycles. The molecule has 30 heavy (non-hydrogen) atoms. The molecule has 0 amide bonds. The summed E-state index contributed by atoms with van der Waals surface area (Å²) in [6, 6.07) is 0. The maximum atomic E-state index is 2.33. The molecule has 0 aliphatic heterocycles. The molecule has 0 aromatic heterocycles. The van der Waals surface area contributed by atoms with Crippen LogP contribution in [0.1, 0.15) is 83.1 Å². The zero-order chi connectivity index (χ0) is 23.2. The smallest absolute Gasteiger partial charge is 0.0370 e. The van der Waals surface area contributed by atoms with Crippen LogP contribution in [0.15, 0.2) is 29.4 Å². The molecule has 0 nitrogen and oxygen atoms in total. The third-order valence-corrected chi connectivity index (χ3v) is 10.8. The van der Waals surface area contributed by atoms with E-state index in [2.05, 4.69) is 154 Å². The molecule has 6 heteroatoms. The Morgan fingerprint density at radius 3 is 0.433 bits per heavy atom. The molecule has 0 atom stereocenters. The minimum absolute atomic E-state index is 0.570. The van der Waals surface area contributed by atoms with Gasteiger partial charge in [0.1, 0.15) is 0 Å². The van der Waals surface area contributed by atoms with Crippen LogP contribution in [0.4, 0.5) is 0 Å². The maximum absolute atomic E-state index is 2.33. The van der Waals surface area contributed by atoms with E-state index in [9.17, 15) is 0 Å². The fourth-order valence-electron chi connectivity index (χ4n) is 2.68. The second-order valence-corrected chi connectivity index (χ2v) is 18.5. The van der Waals surface area contributed by atoms with Crippen LogP contribution in [0.3, 0.4) is 0 Å². The van der Waals surface area contributed by atoms with Crippen molar-refractivity contribution in [1.29, 1.82) is 0 Å². The van der Waals surface area contributed by atoms with Crippen molar-refractivity contribution in [1.82, 2.24) is 0 Å². The lowest BCUT2D eigenvalue weighted by molar-refractivity contribution is 0.851. The third kappa shape index (κ3) is 9.67. The predicted molar refractivity (Wildman–Crippen MR) is 152 cm³/mol. The monoisotopic (exact) mass is 522 g/mol. The summed E-state index contributed by atoms with van der Waals surface area (Å²) in [4.78, 5) is 9.18. The van der Waals surface area contributed by atoms with E-state index in [0.717, 1.165) is 0 Å². The number of rotatable bonds is 12. The molecule has 0 fully saturated rings. The van der Waals surface area contributed by atoms with E-state index in [1.165, 1.54) is 29.4 Å². The summed E-state index contributed by atoms with van der Waals surface area (Å²) >= 11 is 12.4. The number of thioether (sulfide) groups is 6. The second-order valence-electron chi connectivity index (χ2n) is 8.97. The van der Waals surface area contributed by atoms with Gasteiger partial charge in [-0.1, -0.05) is 83.1 Å². The fraction of sp³-hybridized carbons (Fsp3) is 0.750. The summed E-state index contributed by atoms with van der Waals surface area (Å²) in [5, 5.41) is 3.42. The van der Waals surface area contributed by atoms with Gasteiger partial charge in [-0.3, -0.25) is 0 Å². The minimum Gasteiger partial charge on any atom is -0.121 e. The van der Waals surface area contributed by atoms with Crippen molar-refractivity contribution in [2.24, 2.45) is 0 Å². The van der Waals surface area contributed by atoms with Gasteiger partial charge in [-0.05, 0) is 0 Å². The molecule has 0 radical (unpaired) electrons. The predicted octanol–water partition coefficient (Wildman–Crippen LogP) is 10.7. The highest BCUT2D eigenvalue weighted by Crippen LogP contribution is 2.56. The zero-order valence-electron chi connectivity index (χ0n) is 20.9. The number of benzene rings is 1. The Kier molecular flexibility index (Phi) is 13.6. The van der Waals surface area contributed by atoms with Gasteiger partial charge in [0, 0.05) is 60.9 Å². The molecule has 1 aromatic rings. The van der Waals surface area contributed by atoms with Gasteiger partial charge in [0.05, 0.1) is 0 Å². The van der Waals surface area contributed by atoms with Crippen molar-refractivity contribution < 1.29 is 0 Å². The van der Waals surface area contributed by atoms with Crippen molar-refractivity contribution in [3.05, 3.63) is 0 Å². The van der Waals surface area contributed by atoms with Gasteiger partial charge in [-0.2, -0.15) is 0 Å². The Bertz CT molecular complexity index is 495. The summed E-state index contributed by atoms with van der Waals surface area (Å²) < 4.78 is 0. The average molecular weight is 523 g/mol. The lowest BCUT2D eigenvalue weighted by Gasteiger charge is -2.28. The summed E-state index contributed by atoms with van der Waals surface area (Å²) in [6.07, 6.45) is 0. The molecule has 0 bridgehead atoms. The average Bonchev–Trinajstić information content (AvgIpc) is 2.55. The molecule has 0 aliphatic rings. The highest BCUT2D eigenvalue weighted by atomic mass is 32.2. The van der Waals surface area contributed by atoms with Crippen LogP contribution in [0.25, 0.3) is 0 Å². The van der Waals surface area contributed by atoms with Crippen LogP contribution in [-0.2, 0) is 0 Å². The molecule has 0 N–H and O–H groups in total. The third-order valence-electron chi connectivity index (χ3n) is 3.36. The Balaban J connectivity index is 4.05. The minimum atomic E-state index is 0.570. The van der Waals surface area contributed by atoms with Crippen LogP contribution in [0.5, 0.6) is 0 Å². The molecule has 0 aliphatic carbocycles. The Labute approximate surface area is 213 Å². The molecule has 1 rings (SSSR count). The van der Waals surface area contributed by atoms with Crippen LogP contribution >= 0.6 is 70.6 Å². The fourth-order valence-corrected chi connectivity index (χ4v) is 10.1. The SMILES string of the molecule is CC(C)Sc1c(SC(C)C)c(SC(C)C)c(SC(C)C)c(SC(C)C)c1SC(C)C. The quantitative estimate of drug-likeness (QED) is 0.248. The molecular formula is C24H42S6. The van der Waals surface area contributed by atoms with Crippen LogP contribution in [0.2, 0.25) is 0 Å². The molecule has 1 aromatic carbocycles. The summed E-state index contributed by atoms with van der Waals surface area (Å²) in [5.74, 6) is 0. The van der Waals surface area contributed by atoms with Crippen molar-refractivity contribution in [2.45, 2.75) is 144 Å². The first-order chi connectivity index (χ1) is 13.8. The van der Waals surface area contributed by atoms with E-state index < -0.39 is 0 Å². The van der Waals surface area contributed by atoms with Crippen molar-refractivity contribution in [2.75, 3.05) is 0 Å². The van der Waals surface area contributed by atoms with Gasteiger partial charge in [-0.15, -0.1) is 70.6 Å². The normalized spacial score (nSPS) is 12.6. The van der Waals surface area contributed by atoms with E-state index >= 15 is 0 Å². The second kappa shape index (κ2) is 13.9. The molecule has 174 valence electrons. The number of hydrogen-bond acceptors (Lipinski definition) is 6. The van der Waals surface area contributed by atoms with Gasteiger partial charge < -0.3 is 0 Å². The molecule has 0 spiro atoms. The van der Waals surface area contributed by atoms with Crippen molar-refractivity contribution >= 4 is 70.6 Å². The van der Waals surface area contributed by atoms with Gasteiger partial charge in [0.2, 0.25) is 0 Å². The summed E-state index contributed by atoms with van der Waals surface area (Å²) in [5.41, 5.74) is 0. The first-order valence-electron chi connectivity index (χ1n) is 11.1. The lowest BCUT2D eigenvalue weighted by Crippen LogP contribution is -2.05. The van der Waals surface area contributed by atoms with Crippen molar-refractivity contribution in [3.8, 4) is 0 Å². The van der Waals surface area contributed by atoms with E-state index in [1.807, 2.05) is 0 Å². The van der Waals surface area contributed by atoms with Crippen LogP contribution in [0, 0.1) is 0 Å². The van der Waals surface area contributed by atoms with E-state index in [0.29, 0.717) is 31.5 Å². The van der Waals surface area contributed by atoms with E-state index in [-0.39, 0.29) is 0 Å². The maximum Gasteiger partial charge on any atom is 0.0370 e. The highest BCUT2D eigenvalue weighted by Gasteiger charge is 2.29. The van der Waals surface area contributed by atoms with E-state index in [4.69, 9.17) is 0 Å². The first kappa shape index (κ1) is 29.4. The summed E-state index contributed by atoms with van der Waals surface area (Å²) in [6.45, 7) is 28.0. The molecular weight excluding hydrogens is 481 g/mol. The molecule has 0 unspecified atom stereocenters. The topological polar surface area (TPSA) is 0 Å². The van der Waals surface area contributed by atoms with Crippen LogP contribution < -0.4 is 0 Å². The van der Waals surface area contributed by atoms with Crippen molar-refractivity contribution in [3.63, 3.8) is 0 Å². The Morgan fingerprint density at radius 1 is 0.267 bits per heavy atom. The Morgan fingerprint density at radius 2 is 0.367 bits per heavy atom. The van der Waals surface area contributed by atoms with E-state index in [1.54, 1.807) is 0 Å². The number of hydrogen-bond donors (Lipinski definition) is 0. The van der Waals surface area contributed by atoms with Gasteiger partial charge in [-0.25, -0.2) is 0 Å². The molecule has 0 saturated carbocycles. The highest BCUT2D eigenvalue weighted by molar-refractivity contribution is 8.07. The lowest BCUT2D eigenvalue weighted by atomic mass is 10.3. The zero-order valence-corrected chi connectivity index (χ0v) is 25.8. The molecule has 0 heterocycles. The van der Waals surface area contributed by atoms with Gasteiger partial charge >= 0.3 is 0 Å². The van der Waals surface area contributed by atoms with Gasteiger partial charge in [0.25, 0.3) is 0 Å². The van der Waals surface area contributed by atoms with Gasteiger partial charge in [0.15, 0.2) is 0 Å². The standard InChI is InChI=1S/C24H42S6/c1-13(2)25-19-20(26-14(3)4)22(28-16(7)8)24(30-18(11)12)23(29-17(9)10)21(19)27-15(5)6/h13-18H,1-12H3. The van der Waals surface area contributed by atoms with Crippen LogP contribution in [-0.4, -0.2) is 31.5 Å². The largest absolute Gasteiger partial charge is 0.121 e. The Hall–Kier alpha value is 1.32. The summed E-state index contributed by atoms with van der Waals surface area (Å²) in [7, 11) is 0.